The standard InChI is InChI=1S/C33H41N5O4/c1-4-42-30(40)22-36-23(2)24(3)37(32(41)31(36)26-16-10-6-11-17-26)21-29(39)35-33-34-28(25-14-8-5-9-15-25)20-38(33)27-18-12-7-13-19-27/h5,7-9,12-15,18-20,23-24,26,31H,4,6,10-11,16-17,21-22H2,1-3H3,(H,34,35,39)/t23?,24?,31-/m0/s1. The van der Waals surface area contributed by atoms with E-state index in [2.05, 4.69) is 5.32 Å². The van der Waals surface area contributed by atoms with Crippen molar-refractivity contribution in [2.75, 3.05) is 25.0 Å². The number of hydrogen-bond acceptors (Lipinski definition) is 6. The van der Waals surface area contributed by atoms with Gasteiger partial charge in [-0.15, -0.1) is 0 Å². The third-order valence-corrected chi connectivity index (χ3v) is 8.69. The number of carbonyl (C=O) groups is 3. The Kier molecular flexibility index (Phi) is 9.37. The number of carbonyl (C=O) groups excluding carboxylic acids is 3. The van der Waals surface area contributed by atoms with E-state index in [1.165, 1.54) is 0 Å². The molecule has 2 unspecified atom stereocenters. The van der Waals surface area contributed by atoms with Crippen LogP contribution in [0.2, 0.25) is 0 Å². The first kappa shape index (κ1) is 29.5. The number of rotatable bonds is 9. The van der Waals surface area contributed by atoms with Crippen LogP contribution in [0.4, 0.5) is 5.95 Å². The number of ether oxygens (including phenoxy) is 1. The summed E-state index contributed by atoms with van der Waals surface area (Å²) in [6.45, 7) is 6.05. The van der Waals surface area contributed by atoms with Gasteiger partial charge in [0.25, 0.3) is 0 Å². The van der Waals surface area contributed by atoms with Gasteiger partial charge in [-0.2, -0.15) is 0 Å². The Morgan fingerprint density at radius 1 is 0.929 bits per heavy atom. The van der Waals surface area contributed by atoms with Gasteiger partial charge in [-0.1, -0.05) is 67.8 Å². The Hall–Kier alpha value is -3.98. The third kappa shape index (κ3) is 6.41. The van der Waals surface area contributed by atoms with E-state index in [0.717, 1.165) is 49.0 Å². The van der Waals surface area contributed by atoms with Crippen molar-refractivity contribution in [1.29, 1.82) is 0 Å². The lowest BCUT2D eigenvalue weighted by Crippen LogP contribution is -2.68. The lowest BCUT2D eigenvalue weighted by molar-refractivity contribution is -0.161. The Bertz CT molecular complexity index is 1370. The zero-order valence-electron chi connectivity index (χ0n) is 24.7. The van der Waals surface area contributed by atoms with Gasteiger partial charge in [-0.05, 0) is 51.7 Å². The second kappa shape index (κ2) is 13.3. The quantitative estimate of drug-likeness (QED) is 0.367. The molecule has 42 heavy (non-hydrogen) atoms. The molecule has 2 amide bonds. The summed E-state index contributed by atoms with van der Waals surface area (Å²) in [6.07, 6.45) is 7.08. The number of hydrogen-bond donors (Lipinski definition) is 1. The molecule has 9 heteroatoms. The Labute approximate surface area is 247 Å². The SMILES string of the molecule is CCOC(=O)CN1C(C)C(C)N(CC(=O)Nc2nc(-c3ccccc3)cn2-c2ccccc2)C(=O)[C@@H]1C1CCCCC1. The topological polar surface area (TPSA) is 96.8 Å². The molecule has 5 rings (SSSR count). The van der Waals surface area contributed by atoms with Crippen molar-refractivity contribution < 1.29 is 19.1 Å². The maximum atomic E-state index is 14.1. The highest BCUT2D eigenvalue weighted by Crippen LogP contribution is 2.35. The number of para-hydroxylation sites is 1. The lowest BCUT2D eigenvalue weighted by Gasteiger charge is -2.51. The van der Waals surface area contributed by atoms with Crippen molar-refractivity contribution in [2.45, 2.75) is 71.0 Å². The van der Waals surface area contributed by atoms with Crippen molar-refractivity contribution in [3.05, 3.63) is 66.9 Å². The number of amides is 2. The highest BCUT2D eigenvalue weighted by molar-refractivity contribution is 5.95. The van der Waals surface area contributed by atoms with Crippen LogP contribution in [0.1, 0.15) is 52.9 Å². The van der Waals surface area contributed by atoms with Gasteiger partial charge in [0.15, 0.2) is 0 Å². The molecule has 0 bridgehead atoms. The molecule has 2 aliphatic rings. The van der Waals surface area contributed by atoms with E-state index in [-0.39, 0.29) is 48.9 Å². The third-order valence-electron chi connectivity index (χ3n) is 8.69. The van der Waals surface area contributed by atoms with Crippen LogP contribution in [0.5, 0.6) is 0 Å². The second-order valence-electron chi connectivity index (χ2n) is 11.3. The fourth-order valence-electron chi connectivity index (χ4n) is 6.37. The summed E-state index contributed by atoms with van der Waals surface area (Å²) >= 11 is 0. The molecule has 2 heterocycles. The van der Waals surface area contributed by atoms with Crippen LogP contribution in [-0.2, 0) is 19.1 Å². The molecule has 0 radical (unpaired) electrons. The molecule has 1 saturated heterocycles. The van der Waals surface area contributed by atoms with Crippen molar-refractivity contribution in [1.82, 2.24) is 19.4 Å². The zero-order valence-corrected chi connectivity index (χ0v) is 24.7. The molecule has 2 fully saturated rings. The van der Waals surface area contributed by atoms with Gasteiger partial charge in [0.05, 0.1) is 24.9 Å². The first-order valence-corrected chi connectivity index (χ1v) is 15.1. The Balaban J connectivity index is 1.39. The maximum Gasteiger partial charge on any atom is 0.320 e. The van der Waals surface area contributed by atoms with E-state index in [1.807, 2.05) is 90.2 Å². The average Bonchev–Trinajstić information content (AvgIpc) is 3.43. The number of piperazine rings is 1. The van der Waals surface area contributed by atoms with E-state index in [4.69, 9.17) is 9.72 Å². The lowest BCUT2D eigenvalue weighted by atomic mass is 9.80. The second-order valence-corrected chi connectivity index (χ2v) is 11.3. The van der Waals surface area contributed by atoms with Gasteiger partial charge >= 0.3 is 5.97 Å². The summed E-state index contributed by atoms with van der Waals surface area (Å²) in [7, 11) is 0. The Morgan fingerprint density at radius 2 is 1.60 bits per heavy atom. The van der Waals surface area contributed by atoms with E-state index in [0.29, 0.717) is 12.6 Å². The smallest absolute Gasteiger partial charge is 0.320 e. The van der Waals surface area contributed by atoms with Crippen LogP contribution in [0, 0.1) is 5.92 Å². The monoisotopic (exact) mass is 571 g/mol. The normalized spacial score (nSPS) is 21.7. The predicted octanol–water partition coefficient (Wildman–Crippen LogP) is 4.91. The van der Waals surface area contributed by atoms with E-state index in [9.17, 15) is 14.4 Å². The average molecular weight is 572 g/mol. The van der Waals surface area contributed by atoms with E-state index >= 15 is 0 Å². The number of nitrogens with zero attached hydrogens (tertiary/aromatic N) is 4. The van der Waals surface area contributed by atoms with Crippen LogP contribution in [0.15, 0.2) is 66.9 Å². The molecule has 3 atom stereocenters. The van der Waals surface area contributed by atoms with Crippen LogP contribution in [-0.4, -0.2) is 75.0 Å². The molecule has 2 aromatic carbocycles. The fourth-order valence-corrected chi connectivity index (χ4v) is 6.37. The largest absolute Gasteiger partial charge is 0.465 e. The van der Waals surface area contributed by atoms with Gasteiger partial charge in [0.2, 0.25) is 17.8 Å². The van der Waals surface area contributed by atoms with Crippen LogP contribution >= 0.6 is 0 Å². The van der Waals surface area contributed by atoms with E-state index < -0.39 is 6.04 Å². The molecule has 9 nitrogen and oxygen atoms in total. The predicted molar refractivity (Wildman–Crippen MR) is 162 cm³/mol. The molecule has 1 saturated carbocycles. The minimum atomic E-state index is -0.454. The van der Waals surface area contributed by atoms with Crippen molar-refractivity contribution in [2.24, 2.45) is 5.92 Å². The van der Waals surface area contributed by atoms with Gasteiger partial charge < -0.3 is 9.64 Å². The first-order valence-electron chi connectivity index (χ1n) is 15.1. The fraction of sp³-hybridized carbons (Fsp3) is 0.455. The number of anilines is 1. The number of nitrogens with one attached hydrogen (secondary N) is 1. The van der Waals surface area contributed by atoms with Crippen molar-refractivity contribution >= 4 is 23.7 Å². The first-order chi connectivity index (χ1) is 20.4. The molecule has 0 spiro atoms. The number of esters is 1. The summed E-state index contributed by atoms with van der Waals surface area (Å²) in [5.41, 5.74) is 2.54. The molecular formula is C33H41N5O4. The summed E-state index contributed by atoms with van der Waals surface area (Å²) in [4.78, 5) is 48.7. The highest BCUT2D eigenvalue weighted by atomic mass is 16.5. The molecule has 1 aromatic heterocycles. The van der Waals surface area contributed by atoms with E-state index in [1.54, 1.807) is 11.8 Å². The molecule has 1 aliphatic carbocycles. The summed E-state index contributed by atoms with van der Waals surface area (Å²) < 4.78 is 7.12. The number of benzene rings is 2. The molecule has 222 valence electrons. The highest BCUT2D eigenvalue weighted by Gasteiger charge is 2.47. The number of aromatic nitrogens is 2. The van der Waals surface area contributed by atoms with Crippen molar-refractivity contribution in [3.8, 4) is 16.9 Å². The Morgan fingerprint density at radius 3 is 2.26 bits per heavy atom. The summed E-state index contributed by atoms with van der Waals surface area (Å²) in [5.74, 6) is -0.192. The van der Waals surface area contributed by atoms with Gasteiger partial charge in [-0.3, -0.25) is 29.2 Å². The van der Waals surface area contributed by atoms with Gasteiger partial charge in [0, 0.05) is 29.5 Å². The van der Waals surface area contributed by atoms with Crippen molar-refractivity contribution in [3.63, 3.8) is 0 Å². The summed E-state index contributed by atoms with van der Waals surface area (Å²) in [6, 6.07) is 18.7. The number of imidazole rings is 1. The zero-order chi connectivity index (χ0) is 29.6. The van der Waals surface area contributed by atoms with Crippen LogP contribution < -0.4 is 5.32 Å². The van der Waals surface area contributed by atoms with Gasteiger partial charge in [-0.25, -0.2) is 4.98 Å². The summed E-state index contributed by atoms with van der Waals surface area (Å²) in [5, 5.41) is 2.99. The molecular weight excluding hydrogens is 530 g/mol. The minimum Gasteiger partial charge on any atom is -0.465 e. The molecule has 1 aliphatic heterocycles. The van der Waals surface area contributed by atoms with Crippen LogP contribution in [0.3, 0.4) is 0 Å². The molecule has 3 aromatic rings. The minimum absolute atomic E-state index is 0.0725. The van der Waals surface area contributed by atoms with Crippen LogP contribution in [0.25, 0.3) is 16.9 Å². The maximum absolute atomic E-state index is 14.1. The molecule has 1 N–H and O–H groups in total. The van der Waals surface area contributed by atoms with Gasteiger partial charge in [0.1, 0.15) is 6.54 Å².